The molecule has 0 aliphatic carbocycles. The summed E-state index contributed by atoms with van der Waals surface area (Å²) in [5.74, 6) is 1.09. The Labute approximate surface area is 175 Å². The van der Waals surface area contributed by atoms with Gasteiger partial charge in [-0.2, -0.15) is 0 Å². The van der Waals surface area contributed by atoms with E-state index in [1.807, 2.05) is 0 Å². The largest absolute Gasteiger partial charge is 0.497 e. The molecule has 30 heavy (non-hydrogen) atoms. The Morgan fingerprint density at radius 3 is 2.40 bits per heavy atom. The Bertz CT molecular complexity index is 864. The van der Waals surface area contributed by atoms with Crippen LogP contribution < -0.4 is 25.4 Å². The number of hydrogen-bond acceptors (Lipinski definition) is 5. The number of benzene rings is 2. The third-order valence-corrected chi connectivity index (χ3v) is 4.79. The van der Waals surface area contributed by atoms with Crippen LogP contribution in [0, 0.1) is 0 Å². The fourth-order valence-corrected chi connectivity index (χ4v) is 3.20. The maximum Gasteiger partial charge on any atom is 0.319 e. The van der Waals surface area contributed by atoms with Crippen LogP contribution in [0.4, 0.5) is 16.2 Å². The molecule has 8 nitrogen and oxygen atoms in total. The van der Waals surface area contributed by atoms with E-state index in [9.17, 15) is 9.59 Å². The van der Waals surface area contributed by atoms with Gasteiger partial charge in [0.2, 0.25) is 5.91 Å². The number of methoxy groups -OCH3 is 2. The summed E-state index contributed by atoms with van der Waals surface area (Å²) >= 11 is 0. The number of hydrogen-bond donors (Lipinski definition) is 3. The molecule has 0 spiro atoms. The fourth-order valence-electron chi connectivity index (χ4n) is 3.20. The van der Waals surface area contributed by atoms with Crippen LogP contribution in [0.15, 0.2) is 42.5 Å². The zero-order valence-corrected chi connectivity index (χ0v) is 17.2. The van der Waals surface area contributed by atoms with Crippen molar-refractivity contribution in [3.8, 4) is 11.5 Å². The second-order valence-corrected chi connectivity index (χ2v) is 6.95. The Kier molecular flexibility index (Phi) is 7.51. The quantitative estimate of drug-likeness (QED) is 0.617. The van der Waals surface area contributed by atoms with Gasteiger partial charge < -0.3 is 30.2 Å². The zero-order valence-electron chi connectivity index (χ0n) is 17.2. The first-order chi connectivity index (χ1) is 14.6. The highest BCUT2D eigenvalue weighted by molar-refractivity contribution is 5.93. The molecular weight excluding hydrogens is 386 g/mol. The maximum absolute atomic E-state index is 12.4. The van der Waals surface area contributed by atoms with Crippen LogP contribution >= 0.6 is 0 Å². The lowest BCUT2D eigenvalue weighted by molar-refractivity contribution is -0.115. The van der Waals surface area contributed by atoms with Gasteiger partial charge in [-0.15, -0.1) is 0 Å². The summed E-state index contributed by atoms with van der Waals surface area (Å²) in [6.45, 7) is 1.25. The number of nitrogens with one attached hydrogen (secondary N) is 3. The van der Waals surface area contributed by atoms with Gasteiger partial charge in [-0.25, -0.2) is 4.79 Å². The summed E-state index contributed by atoms with van der Waals surface area (Å²) in [4.78, 5) is 24.4. The molecule has 0 radical (unpaired) electrons. The lowest BCUT2D eigenvalue weighted by Gasteiger charge is -2.12. The first-order valence-corrected chi connectivity index (χ1v) is 9.84. The zero-order chi connectivity index (χ0) is 21.3. The van der Waals surface area contributed by atoms with Gasteiger partial charge >= 0.3 is 6.03 Å². The molecule has 3 N–H and O–H groups in total. The first kappa shape index (κ1) is 21.4. The van der Waals surface area contributed by atoms with Gasteiger partial charge in [0.1, 0.15) is 11.5 Å². The summed E-state index contributed by atoms with van der Waals surface area (Å²) in [5, 5.41) is 8.41. The summed E-state index contributed by atoms with van der Waals surface area (Å²) in [6.07, 6.45) is 2.26. The Hall–Kier alpha value is -3.26. The van der Waals surface area contributed by atoms with Crippen molar-refractivity contribution >= 4 is 23.3 Å². The number of carbonyl (C=O) groups excluding carboxylic acids is 2. The Balaban J connectivity index is 1.48. The highest BCUT2D eigenvalue weighted by Crippen LogP contribution is 2.25. The highest BCUT2D eigenvalue weighted by atomic mass is 16.5. The molecule has 3 rings (SSSR count). The second kappa shape index (κ2) is 10.5. The third kappa shape index (κ3) is 6.12. The van der Waals surface area contributed by atoms with E-state index in [0.717, 1.165) is 25.0 Å². The van der Waals surface area contributed by atoms with Crippen LogP contribution in [0.3, 0.4) is 0 Å². The van der Waals surface area contributed by atoms with E-state index < -0.39 is 0 Å². The molecule has 1 heterocycles. The molecular formula is C22H27N3O5. The first-order valence-electron chi connectivity index (χ1n) is 9.84. The van der Waals surface area contributed by atoms with Crippen LogP contribution in [0.1, 0.15) is 18.4 Å². The molecule has 1 aliphatic rings. The van der Waals surface area contributed by atoms with Gasteiger partial charge in [-0.05, 0) is 43.2 Å². The van der Waals surface area contributed by atoms with E-state index in [4.69, 9.17) is 14.2 Å². The molecule has 2 aromatic carbocycles. The second-order valence-electron chi connectivity index (χ2n) is 6.95. The minimum absolute atomic E-state index is 0.0951. The van der Waals surface area contributed by atoms with Gasteiger partial charge in [0.25, 0.3) is 0 Å². The molecule has 8 heteroatoms. The van der Waals surface area contributed by atoms with Crippen LogP contribution in [0.2, 0.25) is 0 Å². The van der Waals surface area contributed by atoms with Crippen molar-refractivity contribution in [3.63, 3.8) is 0 Å². The molecule has 1 fully saturated rings. The minimum Gasteiger partial charge on any atom is -0.497 e. The molecule has 1 unspecified atom stereocenters. The smallest absolute Gasteiger partial charge is 0.319 e. The van der Waals surface area contributed by atoms with E-state index in [0.29, 0.717) is 29.4 Å². The molecule has 160 valence electrons. The van der Waals surface area contributed by atoms with Crippen LogP contribution in [0.25, 0.3) is 0 Å². The standard InChI is InChI=1S/C22H27N3O5/c1-28-18-10-5-15(20(13-18)29-2)12-21(26)24-16-6-8-17(9-7-16)25-22(27)23-14-19-4-3-11-30-19/h5-10,13,19H,3-4,11-12,14H2,1-2H3,(H,24,26)(H2,23,25,27). The summed E-state index contributed by atoms with van der Waals surface area (Å²) in [6, 6.07) is 12.0. The molecule has 1 atom stereocenters. The molecule has 0 aromatic heterocycles. The van der Waals surface area contributed by atoms with Crippen molar-refractivity contribution in [2.75, 3.05) is 38.0 Å². The summed E-state index contributed by atoms with van der Waals surface area (Å²) < 4.78 is 16.0. The fraction of sp³-hybridized carbons (Fsp3) is 0.364. The number of rotatable bonds is 8. The van der Waals surface area contributed by atoms with Gasteiger partial charge in [0.15, 0.2) is 0 Å². The van der Waals surface area contributed by atoms with Gasteiger partial charge in [-0.3, -0.25) is 4.79 Å². The Morgan fingerprint density at radius 1 is 1.03 bits per heavy atom. The normalized spacial score (nSPS) is 15.3. The van der Waals surface area contributed by atoms with Crippen molar-refractivity contribution in [2.45, 2.75) is 25.4 Å². The maximum atomic E-state index is 12.4. The van der Waals surface area contributed by atoms with Crippen molar-refractivity contribution in [2.24, 2.45) is 0 Å². The summed E-state index contributed by atoms with van der Waals surface area (Å²) in [5.41, 5.74) is 2.03. The van der Waals surface area contributed by atoms with Gasteiger partial charge in [0, 0.05) is 36.2 Å². The highest BCUT2D eigenvalue weighted by Gasteiger charge is 2.16. The van der Waals surface area contributed by atoms with Crippen molar-refractivity contribution < 1.29 is 23.8 Å². The average Bonchev–Trinajstić information content (AvgIpc) is 3.27. The topological polar surface area (TPSA) is 97.9 Å². The lowest BCUT2D eigenvalue weighted by Crippen LogP contribution is -2.35. The predicted molar refractivity (Wildman–Crippen MR) is 114 cm³/mol. The number of carbonyl (C=O) groups is 2. The number of anilines is 2. The van der Waals surface area contributed by atoms with Crippen LogP contribution in [-0.4, -0.2) is 45.4 Å². The van der Waals surface area contributed by atoms with Crippen molar-refractivity contribution in [3.05, 3.63) is 48.0 Å². The third-order valence-electron chi connectivity index (χ3n) is 4.79. The molecule has 2 aromatic rings. The average molecular weight is 413 g/mol. The molecule has 0 saturated carbocycles. The van der Waals surface area contributed by atoms with Crippen molar-refractivity contribution in [1.29, 1.82) is 0 Å². The Morgan fingerprint density at radius 2 is 1.77 bits per heavy atom. The number of ether oxygens (including phenoxy) is 3. The number of amides is 3. The lowest BCUT2D eigenvalue weighted by atomic mass is 10.1. The molecule has 3 amide bonds. The molecule has 1 aliphatic heterocycles. The van der Waals surface area contributed by atoms with Crippen LogP contribution in [0.5, 0.6) is 11.5 Å². The van der Waals surface area contributed by atoms with Crippen molar-refractivity contribution in [1.82, 2.24) is 5.32 Å². The van der Waals surface area contributed by atoms with Gasteiger partial charge in [0.05, 0.1) is 26.7 Å². The van der Waals surface area contributed by atoms with E-state index in [-0.39, 0.29) is 24.5 Å². The monoisotopic (exact) mass is 413 g/mol. The molecule has 0 bridgehead atoms. The number of urea groups is 1. The van der Waals surface area contributed by atoms with E-state index in [1.165, 1.54) is 0 Å². The molecule has 1 saturated heterocycles. The predicted octanol–water partition coefficient (Wildman–Crippen LogP) is 3.19. The summed E-state index contributed by atoms with van der Waals surface area (Å²) in [7, 11) is 3.13. The van der Waals surface area contributed by atoms with Crippen LogP contribution in [-0.2, 0) is 16.0 Å². The van der Waals surface area contributed by atoms with E-state index in [2.05, 4.69) is 16.0 Å². The van der Waals surface area contributed by atoms with E-state index in [1.54, 1.807) is 56.7 Å². The van der Waals surface area contributed by atoms with E-state index >= 15 is 0 Å². The SMILES string of the molecule is COc1ccc(CC(=O)Nc2ccc(NC(=O)NCC3CCCO3)cc2)c(OC)c1. The van der Waals surface area contributed by atoms with Gasteiger partial charge in [-0.1, -0.05) is 6.07 Å². The minimum atomic E-state index is -0.283.